The van der Waals surface area contributed by atoms with Crippen molar-refractivity contribution in [3.8, 4) is 0 Å². The Labute approximate surface area is 151 Å². The van der Waals surface area contributed by atoms with Crippen LogP contribution in [0.15, 0.2) is 18.2 Å². The van der Waals surface area contributed by atoms with Crippen LogP contribution in [-0.4, -0.2) is 56.3 Å². The fourth-order valence-corrected chi connectivity index (χ4v) is 5.00. The minimum atomic E-state index is -3.10. The maximum atomic E-state index is 12.5. The molecule has 1 aromatic rings. The zero-order valence-corrected chi connectivity index (χ0v) is 15.7. The van der Waals surface area contributed by atoms with Crippen LogP contribution in [0.1, 0.15) is 13.3 Å². The van der Waals surface area contributed by atoms with Crippen molar-refractivity contribution in [1.29, 1.82) is 0 Å². The summed E-state index contributed by atoms with van der Waals surface area (Å²) >= 11 is 12.2. The third kappa shape index (κ3) is 4.20. The molecular weight excluding hydrogens is 375 g/mol. The van der Waals surface area contributed by atoms with Gasteiger partial charge in [-0.15, -0.1) is 0 Å². The molecule has 1 saturated heterocycles. The van der Waals surface area contributed by atoms with E-state index in [0.29, 0.717) is 6.42 Å². The normalized spacial score (nSPS) is 19.1. The predicted molar refractivity (Wildman–Crippen MR) is 94.3 cm³/mol. The Kier molecular flexibility index (Phi) is 5.78. The topological polar surface area (TPSA) is 74.8 Å². The summed E-state index contributed by atoms with van der Waals surface area (Å²) in [6.07, 6.45) is 0.400. The molecule has 1 atom stereocenters. The van der Waals surface area contributed by atoms with Gasteiger partial charge in [-0.1, -0.05) is 29.3 Å². The highest BCUT2D eigenvalue weighted by Gasteiger charge is 2.33. The van der Waals surface area contributed by atoms with Gasteiger partial charge in [-0.3, -0.25) is 9.59 Å². The van der Waals surface area contributed by atoms with Gasteiger partial charge in [0.05, 0.1) is 27.2 Å². The van der Waals surface area contributed by atoms with Crippen molar-refractivity contribution in [2.75, 3.05) is 30.0 Å². The summed E-state index contributed by atoms with van der Waals surface area (Å²) in [5, 5.41) is 0.521. The zero-order chi connectivity index (χ0) is 18.1. The molecular formula is C15H18Cl2N2O4S. The van der Waals surface area contributed by atoms with E-state index in [1.54, 1.807) is 25.2 Å². The molecule has 1 fully saturated rings. The fourth-order valence-electron chi connectivity index (χ4n) is 2.63. The second-order valence-corrected chi connectivity index (χ2v) is 8.78. The van der Waals surface area contributed by atoms with Gasteiger partial charge >= 0.3 is 0 Å². The van der Waals surface area contributed by atoms with Crippen molar-refractivity contribution in [2.45, 2.75) is 19.4 Å². The summed E-state index contributed by atoms with van der Waals surface area (Å²) in [5.41, 5.74) is 0.272. The molecule has 9 heteroatoms. The van der Waals surface area contributed by atoms with Crippen LogP contribution in [0, 0.1) is 0 Å². The highest BCUT2D eigenvalue weighted by molar-refractivity contribution is 7.91. The average Bonchev–Trinajstić information content (AvgIpc) is 2.84. The van der Waals surface area contributed by atoms with E-state index in [9.17, 15) is 18.0 Å². The quantitative estimate of drug-likeness (QED) is 0.784. The van der Waals surface area contributed by atoms with E-state index in [1.165, 1.54) is 16.7 Å². The highest BCUT2D eigenvalue weighted by Crippen LogP contribution is 2.33. The molecule has 0 aromatic heterocycles. The van der Waals surface area contributed by atoms with E-state index < -0.39 is 9.84 Å². The number of carbonyl (C=O) groups excluding carboxylic acids is 2. The zero-order valence-electron chi connectivity index (χ0n) is 13.3. The number of nitrogens with zero attached hydrogens (tertiary/aromatic N) is 2. The van der Waals surface area contributed by atoms with E-state index in [1.807, 2.05) is 0 Å². The van der Waals surface area contributed by atoms with Crippen LogP contribution in [-0.2, 0) is 19.4 Å². The summed E-state index contributed by atoms with van der Waals surface area (Å²) < 4.78 is 23.1. The summed E-state index contributed by atoms with van der Waals surface area (Å²) in [4.78, 5) is 27.1. The van der Waals surface area contributed by atoms with E-state index in [-0.39, 0.29) is 51.6 Å². The van der Waals surface area contributed by atoms with Gasteiger partial charge < -0.3 is 9.80 Å². The number of halogens is 2. The van der Waals surface area contributed by atoms with Crippen molar-refractivity contribution in [2.24, 2.45) is 0 Å². The first-order chi connectivity index (χ1) is 11.1. The van der Waals surface area contributed by atoms with E-state index in [0.717, 1.165) is 0 Å². The number of sulfone groups is 1. The molecule has 1 aromatic carbocycles. The van der Waals surface area contributed by atoms with E-state index >= 15 is 0 Å². The van der Waals surface area contributed by atoms with Crippen molar-refractivity contribution >= 4 is 50.5 Å². The molecule has 0 N–H and O–H groups in total. The number of para-hydroxylation sites is 1. The summed E-state index contributed by atoms with van der Waals surface area (Å²) in [5.74, 6) is -0.737. The van der Waals surface area contributed by atoms with E-state index in [2.05, 4.69) is 0 Å². The number of rotatable bonds is 4. The Morgan fingerprint density at radius 1 is 1.25 bits per heavy atom. The first kappa shape index (κ1) is 19.0. The Bertz CT molecular complexity index is 746. The molecule has 2 rings (SSSR count). The summed E-state index contributed by atoms with van der Waals surface area (Å²) in [6.45, 7) is 1.05. The smallest absolute Gasteiger partial charge is 0.242 e. The molecule has 24 heavy (non-hydrogen) atoms. The van der Waals surface area contributed by atoms with Gasteiger partial charge in [-0.05, 0) is 18.6 Å². The first-order valence-corrected chi connectivity index (χ1v) is 9.88. The molecule has 1 aliphatic rings. The lowest BCUT2D eigenvalue weighted by Gasteiger charge is -2.28. The highest BCUT2D eigenvalue weighted by atomic mass is 35.5. The second-order valence-electron chi connectivity index (χ2n) is 5.74. The fraction of sp³-hybridized carbons (Fsp3) is 0.467. The Balaban J connectivity index is 2.19. The predicted octanol–water partition coefficient (Wildman–Crippen LogP) is 1.99. The summed E-state index contributed by atoms with van der Waals surface area (Å²) in [6, 6.07) is 4.43. The van der Waals surface area contributed by atoms with Crippen LogP contribution >= 0.6 is 23.2 Å². The van der Waals surface area contributed by atoms with Crippen molar-refractivity contribution in [3.63, 3.8) is 0 Å². The third-order valence-corrected chi connectivity index (χ3v) is 6.39. The molecule has 132 valence electrons. The van der Waals surface area contributed by atoms with Crippen LogP contribution < -0.4 is 4.90 Å². The maximum Gasteiger partial charge on any atom is 0.242 e. The first-order valence-electron chi connectivity index (χ1n) is 7.30. The Hall–Kier alpha value is -1.31. The van der Waals surface area contributed by atoms with Crippen LogP contribution in [0.3, 0.4) is 0 Å². The Morgan fingerprint density at radius 3 is 2.29 bits per heavy atom. The monoisotopic (exact) mass is 392 g/mol. The molecule has 6 nitrogen and oxygen atoms in total. The van der Waals surface area contributed by atoms with E-state index in [4.69, 9.17) is 23.2 Å². The van der Waals surface area contributed by atoms with Gasteiger partial charge in [0, 0.05) is 20.0 Å². The molecule has 0 aliphatic carbocycles. The van der Waals surface area contributed by atoms with Gasteiger partial charge in [0.25, 0.3) is 0 Å². The van der Waals surface area contributed by atoms with Crippen LogP contribution in [0.4, 0.5) is 5.69 Å². The number of carbonyl (C=O) groups is 2. The number of likely N-dealkylation sites (N-methyl/N-ethyl adjacent to an activating group) is 1. The SMILES string of the molecule is CC(=O)N(CC(=O)N(C)C1CCS(=O)(=O)C1)c1c(Cl)cccc1Cl. The standard InChI is InChI=1S/C15H18Cl2N2O4S/c1-10(20)19(15-12(16)4-3-5-13(15)17)8-14(21)18(2)11-6-7-24(22,23)9-11/h3-5,11H,6-9H2,1-2H3. The average molecular weight is 393 g/mol. The minimum absolute atomic E-state index is 0.0534. The Morgan fingerprint density at radius 2 is 1.83 bits per heavy atom. The second kappa shape index (κ2) is 7.29. The number of benzene rings is 1. The van der Waals surface area contributed by atoms with Crippen LogP contribution in [0.25, 0.3) is 0 Å². The lowest BCUT2D eigenvalue weighted by molar-refractivity contribution is -0.131. The van der Waals surface area contributed by atoms with Crippen molar-refractivity contribution < 1.29 is 18.0 Å². The number of hydrogen-bond acceptors (Lipinski definition) is 4. The molecule has 1 aliphatic heterocycles. The van der Waals surface area contributed by atoms with Gasteiger partial charge in [-0.2, -0.15) is 0 Å². The lowest BCUT2D eigenvalue weighted by atomic mass is 10.2. The number of amides is 2. The molecule has 0 bridgehead atoms. The van der Waals surface area contributed by atoms with Gasteiger partial charge in [0.15, 0.2) is 9.84 Å². The number of anilines is 1. The lowest BCUT2D eigenvalue weighted by Crippen LogP contribution is -2.45. The molecule has 0 radical (unpaired) electrons. The van der Waals surface area contributed by atoms with Crippen LogP contribution in [0.5, 0.6) is 0 Å². The molecule has 0 spiro atoms. The minimum Gasteiger partial charge on any atom is -0.340 e. The maximum absolute atomic E-state index is 12.5. The molecule has 1 heterocycles. The number of hydrogen-bond donors (Lipinski definition) is 0. The van der Waals surface area contributed by atoms with Crippen molar-refractivity contribution in [1.82, 2.24) is 4.90 Å². The van der Waals surface area contributed by atoms with Crippen molar-refractivity contribution in [3.05, 3.63) is 28.2 Å². The molecule has 0 saturated carbocycles. The van der Waals surface area contributed by atoms with Crippen LogP contribution in [0.2, 0.25) is 10.0 Å². The van der Waals surface area contributed by atoms with Gasteiger partial charge in [0.1, 0.15) is 6.54 Å². The van der Waals surface area contributed by atoms with Gasteiger partial charge in [-0.25, -0.2) is 8.42 Å². The van der Waals surface area contributed by atoms with Gasteiger partial charge in [0.2, 0.25) is 11.8 Å². The largest absolute Gasteiger partial charge is 0.340 e. The molecule has 2 amide bonds. The third-order valence-electron chi connectivity index (χ3n) is 4.03. The molecule has 1 unspecified atom stereocenters. The summed E-state index contributed by atoms with van der Waals surface area (Å²) in [7, 11) is -1.56.